The van der Waals surface area contributed by atoms with Gasteiger partial charge in [0.05, 0.1) is 0 Å². The van der Waals surface area contributed by atoms with Crippen LogP contribution in [0.3, 0.4) is 0 Å². The van der Waals surface area contributed by atoms with Crippen molar-refractivity contribution in [2.45, 2.75) is 32.1 Å². The van der Waals surface area contributed by atoms with E-state index in [1.165, 1.54) is 24.7 Å². The molecule has 0 radical (unpaired) electrons. The average molecular weight is 462 g/mol. The fourth-order valence-corrected chi connectivity index (χ4v) is 3.45. The first-order valence-electron chi connectivity index (χ1n) is 10.2. The number of hydrogen-bond acceptors (Lipinski definition) is 3. The minimum absolute atomic E-state index is 0.289. The first kappa shape index (κ1) is 24.0. The average Bonchev–Trinajstić information content (AvgIpc) is 2.79. The molecule has 33 heavy (non-hydrogen) atoms. The van der Waals surface area contributed by atoms with E-state index >= 15 is 0 Å². The Bertz CT molecular complexity index is 1080. The maximum absolute atomic E-state index is 13.5. The van der Waals surface area contributed by atoms with E-state index in [4.69, 9.17) is 0 Å². The number of carbonyl (C=O) groups is 1. The summed E-state index contributed by atoms with van der Waals surface area (Å²) in [6.07, 6.45) is -1.66. The summed E-state index contributed by atoms with van der Waals surface area (Å²) >= 11 is 0. The molecular formula is C23H22F4N4O2. The molecule has 1 unspecified atom stereocenters. The molecule has 6 nitrogen and oxygen atoms in total. The number of alkyl halides is 4. The molecule has 2 heterocycles. The van der Waals surface area contributed by atoms with Crippen molar-refractivity contribution >= 4 is 11.8 Å². The Balaban J connectivity index is 1.99. The van der Waals surface area contributed by atoms with Crippen LogP contribution in [0.15, 0.2) is 61.1 Å². The standard InChI is InChI=1S/C23H22F4N4O2/c1-2-28-23(32)30-20-6-4-16(13-29-20)18(11-14-7-9-31(33)10-8-14)15-3-5-17(21(24)25)19(12-15)22(26)27/h3-10,12-13,18,21-22H,2,11H2,1H3,(H2,28,29,30,32). The molecule has 0 bridgehead atoms. The van der Waals surface area contributed by atoms with Crippen LogP contribution >= 0.6 is 0 Å². The van der Waals surface area contributed by atoms with Gasteiger partial charge in [0.2, 0.25) is 0 Å². The number of pyridine rings is 2. The second-order valence-corrected chi connectivity index (χ2v) is 7.27. The van der Waals surface area contributed by atoms with Gasteiger partial charge < -0.3 is 10.5 Å². The van der Waals surface area contributed by atoms with E-state index in [0.717, 1.165) is 17.7 Å². The van der Waals surface area contributed by atoms with Gasteiger partial charge in [-0.25, -0.2) is 27.3 Å². The van der Waals surface area contributed by atoms with Crippen LogP contribution in [0.5, 0.6) is 0 Å². The number of amides is 2. The summed E-state index contributed by atoms with van der Waals surface area (Å²) < 4.78 is 54.1. The lowest BCUT2D eigenvalue weighted by atomic mass is 9.85. The molecular weight excluding hydrogens is 440 g/mol. The monoisotopic (exact) mass is 462 g/mol. The fraction of sp³-hybridized carbons (Fsp3) is 0.261. The summed E-state index contributed by atoms with van der Waals surface area (Å²) in [6, 6.07) is 9.52. The molecule has 0 aliphatic rings. The van der Waals surface area contributed by atoms with Crippen molar-refractivity contribution in [2.24, 2.45) is 0 Å². The number of urea groups is 1. The Morgan fingerprint density at radius 3 is 2.24 bits per heavy atom. The first-order valence-corrected chi connectivity index (χ1v) is 10.2. The number of benzene rings is 1. The molecule has 2 aromatic heterocycles. The van der Waals surface area contributed by atoms with Crippen LogP contribution in [0.4, 0.5) is 28.2 Å². The normalized spacial score (nSPS) is 12.1. The number of anilines is 1. The van der Waals surface area contributed by atoms with Crippen molar-refractivity contribution in [3.05, 3.63) is 94.1 Å². The van der Waals surface area contributed by atoms with Gasteiger partial charge >= 0.3 is 6.03 Å². The van der Waals surface area contributed by atoms with Gasteiger partial charge in [-0.3, -0.25) is 5.32 Å². The van der Waals surface area contributed by atoms with E-state index in [1.54, 1.807) is 31.2 Å². The van der Waals surface area contributed by atoms with Gasteiger partial charge in [-0.2, -0.15) is 4.73 Å². The van der Waals surface area contributed by atoms with E-state index in [-0.39, 0.29) is 5.82 Å². The molecule has 0 aliphatic carbocycles. The number of aromatic nitrogens is 2. The lowest BCUT2D eigenvalue weighted by molar-refractivity contribution is -0.605. The van der Waals surface area contributed by atoms with Crippen LogP contribution in [-0.2, 0) is 6.42 Å². The van der Waals surface area contributed by atoms with Crippen molar-refractivity contribution in [2.75, 3.05) is 11.9 Å². The van der Waals surface area contributed by atoms with Crippen molar-refractivity contribution < 1.29 is 27.1 Å². The topological polar surface area (TPSA) is 81.0 Å². The maximum Gasteiger partial charge on any atom is 0.320 e. The van der Waals surface area contributed by atoms with Crippen LogP contribution in [0.2, 0.25) is 0 Å². The Kier molecular flexibility index (Phi) is 7.81. The number of halogens is 4. The lowest BCUT2D eigenvalue weighted by Gasteiger charge is -2.20. The molecule has 1 aromatic carbocycles. The first-order chi connectivity index (χ1) is 15.8. The zero-order chi connectivity index (χ0) is 24.0. The van der Waals surface area contributed by atoms with Gasteiger partial charge in [-0.1, -0.05) is 18.2 Å². The van der Waals surface area contributed by atoms with Crippen LogP contribution < -0.4 is 15.4 Å². The second-order valence-electron chi connectivity index (χ2n) is 7.27. The van der Waals surface area contributed by atoms with Crippen LogP contribution in [-0.4, -0.2) is 17.6 Å². The predicted molar refractivity (Wildman–Crippen MR) is 114 cm³/mol. The highest BCUT2D eigenvalue weighted by Gasteiger charge is 2.23. The van der Waals surface area contributed by atoms with E-state index in [9.17, 15) is 27.6 Å². The molecule has 0 saturated carbocycles. The van der Waals surface area contributed by atoms with Gasteiger partial charge in [0, 0.05) is 41.9 Å². The summed E-state index contributed by atoms with van der Waals surface area (Å²) in [5.74, 6) is -0.223. The highest BCUT2D eigenvalue weighted by molar-refractivity contribution is 5.88. The van der Waals surface area contributed by atoms with Gasteiger partial charge in [-0.15, -0.1) is 0 Å². The van der Waals surface area contributed by atoms with Crippen LogP contribution in [0, 0.1) is 5.21 Å². The number of nitrogens with zero attached hydrogens (tertiary/aromatic N) is 2. The van der Waals surface area contributed by atoms with Gasteiger partial charge in [0.1, 0.15) is 5.82 Å². The Morgan fingerprint density at radius 1 is 1.00 bits per heavy atom. The third-order valence-electron chi connectivity index (χ3n) is 5.06. The number of rotatable bonds is 8. The molecule has 3 aromatic rings. The second kappa shape index (κ2) is 10.8. The predicted octanol–water partition coefficient (Wildman–Crippen LogP) is 5.11. The van der Waals surface area contributed by atoms with Crippen molar-refractivity contribution in [3.8, 4) is 0 Å². The molecule has 0 spiro atoms. The minimum atomic E-state index is -3.06. The number of hydrogen-bond donors (Lipinski definition) is 2. The molecule has 0 fully saturated rings. The number of carbonyl (C=O) groups excluding carboxylic acids is 1. The smallest absolute Gasteiger partial charge is 0.320 e. The summed E-state index contributed by atoms with van der Waals surface area (Å²) in [5, 5.41) is 16.5. The minimum Gasteiger partial charge on any atom is -0.619 e. The third kappa shape index (κ3) is 6.18. The highest BCUT2D eigenvalue weighted by atomic mass is 19.3. The Labute approximate surface area is 187 Å². The van der Waals surface area contributed by atoms with E-state index in [0.29, 0.717) is 28.8 Å². The van der Waals surface area contributed by atoms with Crippen molar-refractivity contribution in [1.29, 1.82) is 0 Å². The van der Waals surface area contributed by atoms with Crippen molar-refractivity contribution in [1.82, 2.24) is 10.3 Å². The largest absolute Gasteiger partial charge is 0.619 e. The summed E-state index contributed by atoms with van der Waals surface area (Å²) in [7, 11) is 0. The molecule has 0 saturated heterocycles. The Morgan fingerprint density at radius 2 is 1.67 bits per heavy atom. The van der Waals surface area contributed by atoms with E-state index in [2.05, 4.69) is 15.6 Å². The maximum atomic E-state index is 13.5. The van der Waals surface area contributed by atoms with Crippen LogP contribution in [0.1, 0.15) is 53.5 Å². The quantitative estimate of drug-likeness (QED) is 0.277. The van der Waals surface area contributed by atoms with E-state index in [1.807, 2.05) is 0 Å². The zero-order valence-electron chi connectivity index (χ0n) is 17.6. The molecule has 1 atom stereocenters. The molecule has 174 valence electrons. The Hall–Kier alpha value is -3.69. The summed E-state index contributed by atoms with van der Waals surface area (Å²) in [6.45, 7) is 2.21. The van der Waals surface area contributed by atoms with Gasteiger partial charge in [-0.05, 0) is 42.2 Å². The summed E-state index contributed by atoms with van der Waals surface area (Å²) in [5.41, 5.74) is 0.341. The molecule has 2 amide bonds. The van der Waals surface area contributed by atoms with E-state index < -0.39 is 35.9 Å². The molecule has 3 rings (SSSR count). The highest BCUT2D eigenvalue weighted by Crippen LogP contribution is 2.36. The van der Waals surface area contributed by atoms with Crippen molar-refractivity contribution in [3.63, 3.8) is 0 Å². The zero-order valence-corrected chi connectivity index (χ0v) is 17.6. The number of nitrogens with one attached hydrogen (secondary N) is 2. The third-order valence-corrected chi connectivity index (χ3v) is 5.06. The molecule has 0 aliphatic heterocycles. The fourth-order valence-electron chi connectivity index (χ4n) is 3.45. The summed E-state index contributed by atoms with van der Waals surface area (Å²) in [4.78, 5) is 15.9. The molecule has 10 heteroatoms. The van der Waals surface area contributed by atoms with Crippen LogP contribution in [0.25, 0.3) is 0 Å². The van der Waals surface area contributed by atoms with Gasteiger partial charge in [0.25, 0.3) is 12.9 Å². The lowest BCUT2D eigenvalue weighted by Crippen LogP contribution is -2.28. The van der Waals surface area contributed by atoms with Gasteiger partial charge in [0.15, 0.2) is 12.4 Å². The SMILES string of the molecule is CCNC(=O)Nc1ccc(C(Cc2cc[n+]([O-])cc2)c2ccc(C(F)F)c(C(F)F)c2)cn1. The molecule has 2 N–H and O–H groups in total.